The minimum absolute atomic E-state index is 0.871. The highest BCUT2D eigenvalue weighted by Crippen LogP contribution is 2.29. The van der Waals surface area contributed by atoms with E-state index >= 15 is 0 Å². The quantitative estimate of drug-likeness (QED) is 0.261. The summed E-state index contributed by atoms with van der Waals surface area (Å²) >= 11 is 0. The van der Waals surface area contributed by atoms with E-state index in [1.165, 1.54) is 0 Å². The molecule has 0 aliphatic carbocycles. The summed E-state index contributed by atoms with van der Waals surface area (Å²) in [6, 6.07) is 34.6. The number of nitrogens with zero attached hydrogens (tertiary/aromatic N) is 2. The van der Waals surface area contributed by atoms with Gasteiger partial charge in [0.15, 0.2) is 0 Å². The van der Waals surface area contributed by atoms with E-state index in [1.807, 2.05) is 96.2 Å². The molecule has 0 aliphatic heterocycles. The van der Waals surface area contributed by atoms with Crippen LogP contribution in [0.1, 0.15) is 5.56 Å². The van der Waals surface area contributed by atoms with Gasteiger partial charge in [-0.2, -0.15) is 5.10 Å². The van der Waals surface area contributed by atoms with E-state index in [4.69, 9.17) is 9.52 Å². The van der Waals surface area contributed by atoms with Gasteiger partial charge in [0.1, 0.15) is 11.2 Å². The molecule has 0 N–H and O–H groups in total. The van der Waals surface area contributed by atoms with Crippen LogP contribution in [0.15, 0.2) is 113 Å². The summed E-state index contributed by atoms with van der Waals surface area (Å²) in [5.41, 5.74) is 4.78. The molecule has 0 spiro atoms. The Balaban J connectivity index is 1.54. The predicted octanol–water partition coefficient (Wildman–Crippen LogP) is 6.76. The van der Waals surface area contributed by atoms with E-state index in [0.29, 0.717) is 0 Å². The van der Waals surface area contributed by atoms with Crippen molar-refractivity contribution in [2.45, 2.75) is 0 Å². The average molecular weight is 362 g/mol. The molecule has 0 unspecified atom stereocenters. The fraction of sp³-hybridized carbons (Fsp3) is 0. The van der Waals surface area contributed by atoms with Crippen LogP contribution in [0.2, 0.25) is 0 Å². The Morgan fingerprint density at radius 2 is 1.21 bits per heavy atom. The highest BCUT2D eigenvalue weighted by molar-refractivity contribution is 6.06. The zero-order valence-corrected chi connectivity index (χ0v) is 15.2. The summed E-state index contributed by atoms with van der Waals surface area (Å²) < 4.78 is 5.99. The Kier molecular flexibility index (Phi) is 4.11. The third kappa shape index (κ3) is 3.03. The fourth-order valence-corrected chi connectivity index (χ4v) is 3.37. The van der Waals surface area contributed by atoms with Gasteiger partial charge in [-0.05, 0) is 48.0 Å². The number of benzene rings is 4. The van der Waals surface area contributed by atoms with Crippen molar-refractivity contribution >= 4 is 39.5 Å². The van der Waals surface area contributed by atoms with Gasteiger partial charge in [0, 0.05) is 10.8 Å². The number of rotatable bonds is 4. The van der Waals surface area contributed by atoms with Crippen molar-refractivity contribution in [2.24, 2.45) is 5.10 Å². The lowest BCUT2D eigenvalue weighted by atomic mass is 10.1. The average Bonchev–Trinajstić information content (AvgIpc) is 3.13. The first-order valence-electron chi connectivity index (χ1n) is 9.24. The molecule has 0 radical (unpaired) electrons. The van der Waals surface area contributed by atoms with Crippen LogP contribution >= 0.6 is 0 Å². The van der Waals surface area contributed by atoms with Gasteiger partial charge in [-0.15, -0.1) is 0 Å². The van der Waals surface area contributed by atoms with Crippen molar-refractivity contribution in [3.8, 4) is 0 Å². The first-order valence-corrected chi connectivity index (χ1v) is 9.24. The van der Waals surface area contributed by atoms with E-state index in [2.05, 4.69) is 18.2 Å². The fourth-order valence-electron chi connectivity index (χ4n) is 3.37. The summed E-state index contributed by atoms with van der Waals surface area (Å²) in [6.07, 6.45) is 1.87. The van der Waals surface area contributed by atoms with Crippen LogP contribution in [0, 0.1) is 0 Å². The number of hydrazone groups is 1. The van der Waals surface area contributed by atoms with Gasteiger partial charge in [-0.3, -0.25) is 0 Å². The van der Waals surface area contributed by atoms with Crippen LogP contribution < -0.4 is 5.01 Å². The third-order valence-electron chi connectivity index (χ3n) is 4.73. The minimum atomic E-state index is 0.871. The van der Waals surface area contributed by atoms with E-state index < -0.39 is 0 Å². The smallest absolute Gasteiger partial charge is 0.136 e. The zero-order chi connectivity index (χ0) is 18.8. The molecule has 4 aromatic carbocycles. The molecule has 3 heteroatoms. The Morgan fingerprint density at radius 3 is 1.93 bits per heavy atom. The highest BCUT2D eigenvalue weighted by atomic mass is 16.3. The largest absolute Gasteiger partial charge is 0.456 e. The maximum Gasteiger partial charge on any atom is 0.136 e. The van der Waals surface area contributed by atoms with Gasteiger partial charge < -0.3 is 4.42 Å². The van der Waals surface area contributed by atoms with Gasteiger partial charge in [0.05, 0.1) is 17.6 Å². The molecule has 3 nitrogen and oxygen atoms in total. The highest BCUT2D eigenvalue weighted by Gasteiger charge is 2.08. The normalized spacial score (nSPS) is 11.4. The lowest BCUT2D eigenvalue weighted by molar-refractivity contribution is 0.669. The maximum absolute atomic E-state index is 5.99. The lowest BCUT2D eigenvalue weighted by Crippen LogP contribution is -2.09. The second-order valence-corrected chi connectivity index (χ2v) is 6.58. The van der Waals surface area contributed by atoms with E-state index in [-0.39, 0.29) is 0 Å². The molecule has 0 aliphatic rings. The van der Waals surface area contributed by atoms with E-state index in [9.17, 15) is 0 Å². The number of para-hydroxylation sites is 3. The molecule has 1 heterocycles. The van der Waals surface area contributed by atoms with E-state index in [0.717, 1.165) is 38.9 Å². The van der Waals surface area contributed by atoms with Crippen molar-refractivity contribution in [1.82, 2.24) is 0 Å². The van der Waals surface area contributed by atoms with Gasteiger partial charge in [-0.1, -0.05) is 60.7 Å². The first kappa shape index (κ1) is 16.3. The number of hydrogen-bond donors (Lipinski definition) is 0. The maximum atomic E-state index is 5.99. The summed E-state index contributed by atoms with van der Waals surface area (Å²) in [4.78, 5) is 0. The first-order chi connectivity index (χ1) is 13.9. The molecule has 5 aromatic rings. The number of hydrogen-bond acceptors (Lipinski definition) is 3. The molecule has 0 saturated carbocycles. The van der Waals surface area contributed by atoms with Crippen molar-refractivity contribution < 1.29 is 4.42 Å². The number of fused-ring (bicyclic) bond motifs is 3. The standard InChI is InChI=1S/C25H18N2O/c1-3-9-20(10-4-1)27(21-11-5-2-6-12-21)26-18-19-15-16-23-22-13-7-8-14-24(22)28-25(23)17-19/h1-18H. The van der Waals surface area contributed by atoms with Crippen molar-refractivity contribution in [2.75, 3.05) is 5.01 Å². The summed E-state index contributed by atoms with van der Waals surface area (Å²) in [5, 5.41) is 8.95. The molecular weight excluding hydrogens is 344 g/mol. The molecule has 0 bridgehead atoms. The predicted molar refractivity (Wildman–Crippen MR) is 116 cm³/mol. The number of furan rings is 1. The minimum Gasteiger partial charge on any atom is -0.456 e. The molecule has 28 heavy (non-hydrogen) atoms. The SMILES string of the molecule is C(=NN(c1ccccc1)c1ccccc1)c1ccc2c(c1)oc1ccccc12. The molecule has 0 atom stereocenters. The Bertz CT molecular complexity index is 1220. The Morgan fingerprint density at radius 1 is 0.607 bits per heavy atom. The molecule has 0 amide bonds. The van der Waals surface area contributed by atoms with Crippen molar-refractivity contribution in [1.29, 1.82) is 0 Å². The van der Waals surface area contributed by atoms with Crippen LogP contribution in [0.4, 0.5) is 11.4 Å². The van der Waals surface area contributed by atoms with Gasteiger partial charge in [0.2, 0.25) is 0 Å². The van der Waals surface area contributed by atoms with Crippen LogP contribution in [-0.4, -0.2) is 6.21 Å². The van der Waals surface area contributed by atoms with Gasteiger partial charge in [0.25, 0.3) is 0 Å². The molecule has 5 rings (SSSR count). The molecule has 1 aromatic heterocycles. The molecular formula is C25H18N2O. The second-order valence-electron chi connectivity index (χ2n) is 6.58. The molecule has 134 valence electrons. The Labute approximate surface area is 163 Å². The topological polar surface area (TPSA) is 28.7 Å². The summed E-state index contributed by atoms with van der Waals surface area (Å²) in [7, 11) is 0. The van der Waals surface area contributed by atoms with Crippen LogP contribution in [0.5, 0.6) is 0 Å². The lowest BCUT2D eigenvalue weighted by Gasteiger charge is -2.19. The summed E-state index contributed by atoms with van der Waals surface area (Å²) in [5.74, 6) is 0. The monoisotopic (exact) mass is 362 g/mol. The summed E-state index contributed by atoms with van der Waals surface area (Å²) in [6.45, 7) is 0. The van der Waals surface area contributed by atoms with Crippen molar-refractivity contribution in [3.63, 3.8) is 0 Å². The third-order valence-corrected chi connectivity index (χ3v) is 4.73. The van der Waals surface area contributed by atoms with Crippen LogP contribution in [-0.2, 0) is 0 Å². The molecule has 0 saturated heterocycles. The zero-order valence-electron chi connectivity index (χ0n) is 15.2. The molecule has 0 fully saturated rings. The van der Waals surface area contributed by atoms with Gasteiger partial charge in [-0.25, -0.2) is 5.01 Å². The van der Waals surface area contributed by atoms with Crippen LogP contribution in [0.25, 0.3) is 21.9 Å². The van der Waals surface area contributed by atoms with Gasteiger partial charge >= 0.3 is 0 Å². The van der Waals surface area contributed by atoms with Crippen molar-refractivity contribution in [3.05, 3.63) is 109 Å². The Hall–Kier alpha value is -3.85. The van der Waals surface area contributed by atoms with Crippen LogP contribution in [0.3, 0.4) is 0 Å². The second kappa shape index (κ2) is 7.05. The van der Waals surface area contributed by atoms with E-state index in [1.54, 1.807) is 0 Å². The number of anilines is 2.